The van der Waals surface area contributed by atoms with Crippen molar-refractivity contribution in [3.63, 3.8) is 0 Å². The van der Waals surface area contributed by atoms with Crippen LogP contribution in [0.3, 0.4) is 0 Å². The lowest BCUT2D eigenvalue weighted by molar-refractivity contribution is 0.0681. The predicted octanol–water partition coefficient (Wildman–Crippen LogP) is 0.331. The first-order chi connectivity index (χ1) is 6.60. The predicted molar refractivity (Wildman–Crippen MR) is 42.1 cm³/mol. The zero-order valence-corrected chi connectivity index (χ0v) is 7.44. The molecule has 1 rings (SSSR count). The van der Waals surface area contributed by atoms with Crippen LogP contribution in [-0.2, 0) is 0 Å². The van der Waals surface area contributed by atoms with Crippen LogP contribution in [0.4, 0.5) is 4.39 Å². The molecule has 0 bridgehead atoms. The third-order valence-electron chi connectivity index (χ3n) is 1.38. The van der Waals surface area contributed by atoms with Crippen molar-refractivity contribution in [1.29, 1.82) is 0 Å². The highest BCUT2D eigenvalue weighted by Gasteiger charge is 2.20. The summed E-state index contributed by atoms with van der Waals surface area (Å²) in [7, 11) is 2.40. The maximum Gasteiger partial charge on any atom is 0.358 e. The van der Waals surface area contributed by atoms with Gasteiger partial charge in [-0.05, 0) is 0 Å². The number of nitrogens with zero attached hydrogens (tertiary/aromatic N) is 2. The summed E-state index contributed by atoms with van der Waals surface area (Å²) in [5.74, 6) is -3.10. The molecule has 14 heavy (non-hydrogen) atoms. The van der Waals surface area contributed by atoms with E-state index in [2.05, 4.69) is 19.4 Å². The first kappa shape index (κ1) is 10.2. The third-order valence-corrected chi connectivity index (χ3v) is 1.38. The Kier molecular flexibility index (Phi) is 2.80. The molecule has 0 fully saturated rings. The molecule has 7 heteroatoms. The number of rotatable bonds is 3. The van der Waals surface area contributed by atoms with E-state index in [-0.39, 0.29) is 6.01 Å². The van der Waals surface area contributed by atoms with Gasteiger partial charge in [0.25, 0.3) is 5.88 Å². The Morgan fingerprint density at radius 3 is 2.43 bits per heavy atom. The molecule has 0 unspecified atom stereocenters. The van der Waals surface area contributed by atoms with Crippen molar-refractivity contribution < 1.29 is 23.8 Å². The lowest BCUT2D eigenvalue weighted by Gasteiger charge is -2.04. The van der Waals surface area contributed by atoms with Gasteiger partial charge >= 0.3 is 12.0 Å². The molecule has 0 spiro atoms. The van der Waals surface area contributed by atoms with Crippen molar-refractivity contribution in [3.05, 3.63) is 11.5 Å². The van der Waals surface area contributed by atoms with Crippen LogP contribution in [0.5, 0.6) is 11.9 Å². The Labute approximate surface area is 78.3 Å². The molecule has 1 aromatic rings. The molecule has 0 radical (unpaired) electrons. The normalized spacial score (nSPS) is 9.64. The molecule has 6 nitrogen and oxygen atoms in total. The summed E-state index contributed by atoms with van der Waals surface area (Å²) < 4.78 is 22.2. The standard InChI is InChI=1S/C7H7FN2O4/c1-13-5-3(8)4(6(11)12)9-7(10-5)14-2/h1-2H3,(H,11,12). The average molecular weight is 202 g/mol. The Bertz CT molecular complexity index is 369. The van der Waals surface area contributed by atoms with E-state index in [0.717, 1.165) is 7.11 Å². The monoisotopic (exact) mass is 202 g/mol. The first-order valence-corrected chi connectivity index (χ1v) is 3.49. The first-order valence-electron chi connectivity index (χ1n) is 3.49. The fourth-order valence-electron chi connectivity index (χ4n) is 0.775. The highest BCUT2D eigenvalue weighted by molar-refractivity contribution is 5.86. The minimum Gasteiger partial charge on any atom is -0.479 e. The van der Waals surface area contributed by atoms with Gasteiger partial charge in [0.1, 0.15) is 0 Å². The minimum absolute atomic E-state index is 0.263. The number of hydrogen-bond acceptors (Lipinski definition) is 5. The van der Waals surface area contributed by atoms with Gasteiger partial charge in [-0.3, -0.25) is 0 Å². The van der Waals surface area contributed by atoms with E-state index in [4.69, 9.17) is 5.11 Å². The van der Waals surface area contributed by atoms with E-state index in [0.29, 0.717) is 0 Å². The summed E-state index contributed by atoms with van der Waals surface area (Å²) in [6.45, 7) is 0. The van der Waals surface area contributed by atoms with E-state index in [1.165, 1.54) is 7.11 Å². The summed E-state index contributed by atoms with van der Waals surface area (Å²) in [6, 6.07) is -0.263. The van der Waals surface area contributed by atoms with E-state index in [1.54, 1.807) is 0 Å². The van der Waals surface area contributed by atoms with E-state index in [1.807, 2.05) is 0 Å². The molecule has 0 saturated heterocycles. The summed E-state index contributed by atoms with van der Waals surface area (Å²) >= 11 is 0. The van der Waals surface area contributed by atoms with Crippen LogP contribution in [0.1, 0.15) is 10.5 Å². The quantitative estimate of drug-likeness (QED) is 0.760. The van der Waals surface area contributed by atoms with Crippen molar-refractivity contribution in [3.8, 4) is 11.9 Å². The van der Waals surface area contributed by atoms with E-state index < -0.39 is 23.4 Å². The largest absolute Gasteiger partial charge is 0.479 e. The van der Waals surface area contributed by atoms with E-state index >= 15 is 0 Å². The fourth-order valence-corrected chi connectivity index (χ4v) is 0.775. The SMILES string of the molecule is COc1nc(OC)c(F)c(C(=O)O)n1. The number of methoxy groups -OCH3 is 2. The zero-order chi connectivity index (χ0) is 10.7. The smallest absolute Gasteiger partial charge is 0.358 e. The van der Waals surface area contributed by atoms with Crippen LogP contribution < -0.4 is 9.47 Å². The Balaban J connectivity index is 3.34. The van der Waals surface area contributed by atoms with Crippen LogP contribution in [0.15, 0.2) is 0 Å². The lowest BCUT2D eigenvalue weighted by Crippen LogP contribution is -2.09. The second-order valence-corrected chi connectivity index (χ2v) is 2.19. The van der Waals surface area contributed by atoms with Gasteiger partial charge in [0.2, 0.25) is 5.82 Å². The summed E-state index contributed by atoms with van der Waals surface area (Å²) in [5.41, 5.74) is -0.784. The van der Waals surface area contributed by atoms with Gasteiger partial charge in [-0.15, -0.1) is 0 Å². The number of carboxylic acid groups (broad SMARTS) is 1. The van der Waals surface area contributed by atoms with Crippen LogP contribution in [0.2, 0.25) is 0 Å². The van der Waals surface area contributed by atoms with Gasteiger partial charge < -0.3 is 14.6 Å². The molecule has 1 N–H and O–H groups in total. The number of carboxylic acids is 1. The number of ether oxygens (including phenoxy) is 2. The van der Waals surface area contributed by atoms with Gasteiger partial charge in [0.05, 0.1) is 14.2 Å². The summed E-state index contributed by atoms with van der Waals surface area (Å²) in [6.07, 6.45) is 0. The molecule has 0 atom stereocenters. The number of hydrogen-bond donors (Lipinski definition) is 1. The maximum absolute atomic E-state index is 13.2. The van der Waals surface area contributed by atoms with Crippen LogP contribution >= 0.6 is 0 Å². The van der Waals surface area contributed by atoms with Gasteiger partial charge in [-0.1, -0.05) is 0 Å². The van der Waals surface area contributed by atoms with Crippen molar-refractivity contribution in [2.45, 2.75) is 0 Å². The van der Waals surface area contributed by atoms with Crippen molar-refractivity contribution in [2.24, 2.45) is 0 Å². The number of halogens is 1. The summed E-state index contributed by atoms with van der Waals surface area (Å²) in [5, 5.41) is 8.56. The molecule has 0 saturated carbocycles. The Morgan fingerprint density at radius 1 is 1.36 bits per heavy atom. The second kappa shape index (κ2) is 3.86. The number of aromatic nitrogens is 2. The van der Waals surface area contributed by atoms with Gasteiger partial charge in [-0.2, -0.15) is 14.4 Å². The zero-order valence-electron chi connectivity index (χ0n) is 7.44. The van der Waals surface area contributed by atoms with Gasteiger partial charge in [-0.25, -0.2) is 4.79 Å². The molecular weight excluding hydrogens is 195 g/mol. The number of carbonyl (C=O) groups is 1. The maximum atomic E-state index is 13.2. The molecule has 0 aliphatic heterocycles. The van der Waals surface area contributed by atoms with E-state index in [9.17, 15) is 9.18 Å². The minimum atomic E-state index is -1.51. The highest BCUT2D eigenvalue weighted by atomic mass is 19.1. The second-order valence-electron chi connectivity index (χ2n) is 2.19. The molecular formula is C7H7FN2O4. The molecule has 0 aliphatic carbocycles. The van der Waals surface area contributed by atoms with Crippen LogP contribution in [-0.4, -0.2) is 35.3 Å². The van der Waals surface area contributed by atoms with Crippen molar-refractivity contribution in [2.75, 3.05) is 14.2 Å². The highest BCUT2D eigenvalue weighted by Crippen LogP contribution is 2.19. The fraction of sp³-hybridized carbons (Fsp3) is 0.286. The topological polar surface area (TPSA) is 81.5 Å². The molecule has 1 aromatic heterocycles. The molecule has 0 amide bonds. The molecule has 1 heterocycles. The van der Waals surface area contributed by atoms with Crippen LogP contribution in [0, 0.1) is 5.82 Å². The van der Waals surface area contributed by atoms with Crippen molar-refractivity contribution >= 4 is 5.97 Å². The van der Waals surface area contributed by atoms with Gasteiger partial charge in [0, 0.05) is 0 Å². The van der Waals surface area contributed by atoms with Crippen LogP contribution in [0.25, 0.3) is 0 Å². The van der Waals surface area contributed by atoms with Gasteiger partial charge in [0.15, 0.2) is 5.69 Å². The lowest BCUT2D eigenvalue weighted by atomic mass is 10.4. The molecule has 0 aliphatic rings. The number of aromatic carboxylic acids is 1. The molecule has 0 aromatic carbocycles. The summed E-state index contributed by atoms with van der Waals surface area (Å²) in [4.78, 5) is 17.3. The third kappa shape index (κ3) is 1.70. The van der Waals surface area contributed by atoms with Crippen molar-refractivity contribution in [1.82, 2.24) is 9.97 Å². The Morgan fingerprint density at radius 2 is 2.00 bits per heavy atom. The average Bonchev–Trinajstić information content (AvgIpc) is 2.17. The molecule has 76 valence electrons. The Hall–Kier alpha value is -1.92.